The lowest BCUT2D eigenvalue weighted by atomic mass is 10.0. The Kier molecular flexibility index (Phi) is 6.05. The lowest BCUT2D eigenvalue weighted by Gasteiger charge is -2.33. The van der Waals surface area contributed by atoms with Crippen molar-refractivity contribution >= 4 is 34.7 Å². The number of halogens is 1. The first kappa shape index (κ1) is 18.7. The normalized spacial score (nSPS) is 16.2. The Labute approximate surface area is 171 Å². The largest absolute Gasteiger partial charge is 0.295 e. The van der Waals surface area contributed by atoms with Crippen LogP contribution in [0.5, 0.6) is 0 Å². The van der Waals surface area contributed by atoms with Crippen molar-refractivity contribution in [3.8, 4) is 0 Å². The van der Waals surface area contributed by atoms with Crippen LogP contribution in [0.15, 0.2) is 82.9 Å². The lowest BCUT2D eigenvalue weighted by Crippen LogP contribution is -2.43. The molecule has 0 unspecified atom stereocenters. The average Bonchev–Trinajstić information content (AvgIpc) is 2.74. The van der Waals surface area contributed by atoms with Crippen molar-refractivity contribution in [1.29, 1.82) is 0 Å². The van der Waals surface area contributed by atoms with Crippen molar-refractivity contribution in [3.05, 3.63) is 89.0 Å². The van der Waals surface area contributed by atoms with E-state index in [1.54, 1.807) is 6.21 Å². The van der Waals surface area contributed by atoms with E-state index in [9.17, 15) is 0 Å². The van der Waals surface area contributed by atoms with E-state index in [0.29, 0.717) is 5.03 Å². The van der Waals surface area contributed by atoms with E-state index < -0.39 is 0 Å². The summed E-state index contributed by atoms with van der Waals surface area (Å²) in [5.41, 5.74) is 2.47. The summed E-state index contributed by atoms with van der Waals surface area (Å²) in [5.74, 6) is 0. The van der Waals surface area contributed by atoms with Crippen molar-refractivity contribution in [2.24, 2.45) is 5.10 Å². The van der Waals surface area contributed by atoms with Crippen LogP contribution in [-0.4, -0.2) is 42.3 Å². The van der Waals surface area contributed by atoms with Crippen LogP contribution in [0.3, 0.4) is 0 Å². The van der Waals surface area contributed by atoms with Crippen molar-refractivity contribution < 1.29 is 0 Å². The summed E-state index contributed by atoms with van der Waals surface area (Å²) in [6.45, 7) is 4.81. The Morgan fingerprint density at radius 1 is 0.857 bits per heavy atom. The van der Waals surface area contributed by atoms with Crippen LogP contribution in [0.2, 0.25) is 0 Å². The molecule has 0 aliphatic carbocycles. The standard InChI is InChI=1S/C24H24ClN3/c25-23(17-20-7-2-1-3-8-20)18-26-28-15-13-27(14-16-28)19-22-11-6-10-21-9-4-5-12-24(21)22/h1-12,17-18H,13-16,19H2/b23-17-,26-18-. The van der Waals surface area contributed by atoms with Gasteiger partial charge in [-0.2, -0.15) is 5.10 Å². The van der Waals surface area contributed by atoms with Gasteiger partial charge in [0.25, 0.3) is 0 Å². The molecule has 4 heteroatoms. The fraction of sp³-hybridized carbons (Fsp3) is 0.208. The highest BCUT2D eigenvalue weighted by Gasteiger charge is 2.16. The third-order valence-electron chi connectivity index (χ3n) is 5.07. The molecule has 0 saturated carbocycles. The molecule has 3 aromatic carbocycles. The van der Waals surface area contributed by atoms with Gasteiger partial charge in [0.2, 0.25) is 0 Å². The Bertz CT molecular complexity index is 968. The summed E-state index contributed by atoms with van der Waals surface area (Å²) in [5, 5.41) is 9.95. The highest BCUT2D eigenvalue weighted by molar-refractivity contribution is 6.41. The Hall–Kier alpha value is -2.62. The molecule has 0 aromatic heterocycles. The summed E-state index contributed by atoms with van der Waals surface area (Å²) >= 11 is 6.30. The molecule has 0 N–H and O–H groups in total. The fourth-order valence-corrected chi connectivity index (χ4v) is 3.73. The third-order valence-corrected chi connectivity index (χ3v) is 5.28. The molecule has 1 fully saturated rings. The summed E-state index contributed by atoms with van der Waals surface area (Å²) in [4.78, 5) is 2.50. The van der Waals surface area contributed by atoms with Gasteiger partial charge >= 0.3 is 0 Å². The van der Waals surface area contributed by atoms with E-state index in [0.717, 1.165) is 38.3 Å². The first-order valence-corrected chi connectivity index (χ1v) is 10.1. The lowest BCUT2D eigenvalue weighted by molar-refractivity contribution is 0.131. The number of hydrogen-bond acceptors (Lipinski definition) is 3. The molecule has 0 amide bonds. The zero-order valence-electron chi connectivity index (χ0n) is 15.8. The molecule has 0 bridgehead atoms. The predicted octanol–water partition coefficient (Wildman–Crippen LogP) is 5.22. The SMILES string of the molecule is ClC(/C=N\N1CCN(Cc2cccc3ccccc23)CC1)=C\c1ccccc1. The summed E-state index contributed by atoms with van der Waals surface area (Å²) in [7, 11) is 0. The molecule has 1 aliphatic heterocycles. The van der Waals surface area contributed by atoms with Gasteiger partial charge < -0.3 is 0 Å². The van der Waals surface area contributed by atoms with Crippen LogP contribution in [0.4, 0.5) is 0 Å². The minimum absolute atomic E-state index is 0.643. The third kappa shape index (κ3) is 4.80. The molecule has 3 aromatic rings. The van der Waals surface area contributed by atoms with Crippen LogP contribution in [0.25, 0.3) is 16.8 Å². The molecule has 28 heavy (non-hydrogen) atoms. The van der Waals surface area contributed by atoms with Crippen molar-refractivity contribution in [1.82, 2.24) is 9.91 Å². The molecular formula is C24H24ClN3. The maximum absolute atomic E-state index is 6.30. The highest BCUT2D eigenvalue weighted by Crippen LogP contribution is 2.20. The average molecular weight is 390 g/mol. The van der Waals surface area contributed by atoms with E-state index in [-0.39, 0.29) is 0 Å². The summed E-state index contributed by atoms with van der Waals surface area (Å²) in [6.07, 6.45) is 3.68. The first-order valence-electron chi connectivity index (χ1n) is 9.68. The minimum atomic E-state index is 0.643. The zero-order chi connectivity index (χ0) is 19.2. The van der Waals surface area contributed by atoms with Gasteiger partial charge in [-0.1, -0.05) is 84.4 Å². The second-order valence-electron chi connectivity index (χ2n) is 7.05. The van der Waals surface area contributed by atoms with Crippen molar-refractivity contribution in [2.45, 2.75) is 6.54 Å². The van der Waals surface area contributed by atoms with E-state index in [2.05, 4.69) is 57.5 Å². The van der Waals surface area contributed by atoms with Gasteiger partial charge in [0.05, 0.1) is 11.2 Å². The number of allylic oxidation sites excluding steroid dienone is 1. The molecule has 142 valence electrons. The van der Waals surface area contributed by atoms with Gasteiger partial charge in [0.1, 0.15) is 0 Å². The predicted molar refractivity (Wildman–Crippen MR) is 120 cm³/mol. The fourth-order valence-electron chi connectivity index (χ4n) is 3.56. The van der Waals surface area contributed by atoms with Gasteiger partial charge in [-0.3, -0.25) is 9.91 Å². The Morgan fingerprint density at radius 2 is 1.57 bits per heavy atom. The zero-order valence-corrected chi connectivity index (χ0v) is 16.6. The van der Waals surface area contributed by atoms with Crippen LogP contribution < -0.4 is 0 Å². The maximum atomic E-state index is 6.30. The van der Waals surface area contributed by atoms with E-state index in [4.69, 9.17) is 11.6 Å². The van der Waals surface area contributed by atoms with E-state index in [1.807, 2.05) is 36.4 Å². The number of nitrogens with zero attached hydrogens (tertiary/aromatic N) is 3. The number of piperazine rings is 1. The molecule has 3 nitrogen and oxygen atoms in total. The van der Waals surface area contributed by atoms with Crippen molar-refractivity contribution in [2.75, 3.05) is 26.2 Å². The highest BCUT2D eigenvalue weighted by atomic mass is 35.5. The molecule has 1 saturated heterocycles. The van der Waals surface area contributed by atoms with E-state index in [1.165, 1.54) is 16.3 Å². The number of hydrogen-bond donors (Lipinski definition) is 0. The molecule has 1 aliphatic rings. The number of rotatable bonds is 5. The van der Waals surface area contributed by atoms with Crippen LogP contribution in [0.1, 0.15) is 11.1 Å². The summed E-state index contributed by atoms with van der Waals surface area (Å²) < 4.78 is 0. The van der Waals surface area contributed by atoms with E-state index >= 15 is 0 Å². The quantitative estimate of drug-likeness (QED) is 0.557. The molecule has 0 atom stereocenters. The topological polar surface area (TPSA) is 18.8 Å². The van der Waals surface area contributed by atoms with Gasteiger partial charge in [0, 0.05) is 32.7 Å². The molecular weight excluding hydrogens is 366 g/mol. The molecule has 0 radical (unpaired) electrons. The van der Waals surface area contributed by atoms with Gasteiger partial charge in [-0.25, -0.2) is 0 Å². The number of hydrazone groups is 1. The monoisotopic (exact) mass is 389 g/mol. The van der Waals surface area contributed by atoms with Gasteiger partial charge in [-0.15, -0.1) is 0 Å². The second-order valence-corrected chi connectivity index (χ2v) is 7.49. The molecule has 4 rings (SSSR count). The van der Waals surface area contributed by atoms with Crippen molar-refractivity contribution in [3.63, 3.8) is 0 Å². The first-order chi connectivity index (χ1) is 13.8. The van der Waals surface area contributed by atoms with Gasteiger partial charge in [-0.05, 0) is 28.0 Å². The number of benzene rings is 3. The Morgan fingerprint density at radius 3 is 2.39 bits per heavy atom. The summed E-state index contributed by atoms with van der Waals surface area (Å²) in [6, 6.07) is 25.2. The maximum Gasteiger partial charge on any atom is 0.0657 e. The smallest absolute Gasteiger partial charge is 0.0657 e. The Balaban J connectivity index is 1.33. The number of fused-ring (bicyclic) bond motifs is 1. The second kappa shape index (κ2) is 9.05. The van der Waals surface area contributed by atoms with Crippen LogP contribution >= 0.6 is 11.6 Å². The molecule has 0 spiro atoms. The minimum Gasteiger partial charge on any atom is -0.295 e. The van der Waals surface area contributed by atoms with Crippen LogP contribution in [0, 0.1) is 0 Å². The molecule has 1 heterocycles. The van der Waals surface area contributed by atoms with Gasteiger partial charge in [0.15, 0.2) is 0 Å². The van der Waals surface area contributed by atoms with Crippen LogP contribution in [-0.2, 0) is 6.54 Å².